The van der Waals surface area contributed by atoms with Gasteiger partial charge in [-0.15, -0.1) is 0 Å². The fourth-order valence-electron chi connectivity index (χ4n) is 2.15. The van der Waals surface area contributed by atoms with Crippen LogP contribution in [0.3, 0.4) is 0 Å². The van der Waals surface area contributed by atoms with Crippen molar-refractivity contribution in [2.45, 2.75) is 44.8 Å². The number of aryl methyl sites for hydroxylation is 2. The molecule has 0 fully saturated rings. The van der Waals surface area contributed by atoms with E-state index in [9.17, 15) is 21.6 Å². The van der Waals surface area contributed by atoms with Crippen molar-refractivity contribution < 1.29 is 26.0 Å². The molecule has 5 nitrogen and oxygen atoms in total. The van der Waals surface area contributed by atoms with Crippen LogP contribution in [-0.2, 0) is 16.6 Å². The topological polar surface area (TPSA) is 76.5 Å². The van der Waals surface area contributed by atoms with Crippen LogP contribution in [0.1, 0.15) is 30.4 Å². The number of nitrogens with zero attached hydrogens (tertiary/aromatic N) is 1. The molecule has 21 heavy (non-hydrogen) atoms. The summed E-state index contributed by atoms with van der Waals surface area (Å²) in [6.45, 7) is 2.66. The maximum absolute atomic E-state index is 12.6. The van der Waals surface area contributed by atoms with Crippen molar-refractivity contribution in [3.63, 3.8) is 0 Å². The van der Waals surface area contributed by atoms with E-state index in [-0.39, 0.29) is 35.7 Å². The molecule has 0 saturated heterocycles. The normalized spacial score (nSPS) is 13.1. The van der Waals surface area contributed by atoms with Crippen molar-refractivity contribution in [2.75, 3.05) is 13.1 Å². The molecule has 0 bridgehead atoms. The highest BCUT2D eigenvalue weighted by molar-refractivity contribution is 7.89. The summed E-state index contributed by atoms with van der Waals surface area (Å²) in [5.74, 6) is 0.355. The number of alkyl halides is 3. The second-order valence-electron chi connectivity index (χ2n) is 4.68. The highest BCUT2D eigenvalue weighted by atomic mass is 32.2. The van der Waals surface area contributed by atoms with E-state index in [1.165, 1.54) is 13.8 Å². The lowest BCUT2D eigenvalue weighted by atomic mass is 10.2. The molecule has 122 valence electrons. The SMILES string of the molecule is CCCN(CC(F)(F)F)S(=O)(=O)c1c(C)oc(C)c1CN. The zero-order valence-electron chi connectivity index (χ0n) is 12.1. The van der Waals surface area contributed by atoms with Crippen molar-refractivity contribution in [1.82, 2.24) is 4.31 Å². The first kappa shape index (κ1) is 18.0. The van der Waals surface area contributed by atoms with E-state index in [4.69, 9.17) is 10.2 Å². The molecule has 0 unspecified atom stereocenters. The number of sulfonamides is 1. The molecule has 0 aliphatic heterocycles. The number of halogens is 3. The minimum Gasteiger partial charge on any atom is -0.465 e. The summed E-state index contributed by atoms with van der Waals surface area (Å²) in [7, 11) is -4.31. The van der Waals surface area contributed by atoms with Gasteiger partial charge in [0.1, 0.15) is 23.0 Å². The van der Waals surface area contributed by atoms with E-state index in [0.717, 1.165) is 0 Å². The van der Waals surface area contributed by atoms with E-state index >= 15 is 0 Å². The Hall–Kier alpha value is -1.06. The zero-order chi connectivity index (χ0) is 16.4. The van der Waals surface area contributed by atoms with Crippen LogP contribution in [0.25, 0.3) is 0 Å². The largest absolute Gasteiger partial charge is 0.465 e. The molecule has 0 radical (unpaired) electrons. The van der Waals surface area contributed by atoms with E-state index in [0.29, 0.717) is 10.1 Å². The molecule has 9 heteroatoms. The summed E-state index contributed by atoms with van der Waals surface area (Å²) in [6, 6.07) is 0. The highest BCUT2D eigenvalue weighted by Gasteiger charge is 2.39. The summed E-state index contributed by atoms with van der Waals surface area (Å²) in [5.41, 5.74) is 5.72. The van der Waals surface area contributed by atoms with Crippen LogP contribution in [-0.4, -0.2) is 32.0 Å². The molecule has 0 aliphatic rings. The van der Waals surface area contributed by atoms with Gasteiger partial charge in [0, 0.05) is 18.7 Å². The number of nitrogens with two attached hydrogens (primary N) is 1. The van der Waals surface area contributed by atoms with Gasteiger partial charge in [-0.05, 0) is 20.3 Å². The molecule has 2 N–H and O–H groups in total. The molecule has 0 amide bonds. The quantitative estimate of drug-likeness (QED) is 0.869. The maximum atomic E-state index is 12.6. The third kappa shape index (κ3) is 3.98. The van der Waals surface area contributed by atoms with E-state index in [1.807, 2.05) is 0 Å². The van der Waals surface area contributed by atoms with Crippen LogP contribution in [0.4, 0.5) is 13.2 Å². The molecule has 0 aliphatic carbocycles. The van der Waals surface area contributed by atoms with E-state index in [2.05, 4.69) is 0 Å². The standard InChI is InChI=1S/C12H19F3N2O3S/c1-4-5-17(7-12(13,14)15)21(18,19)11-9(3)20-8(2)10(11)6-16/h4-7,16H2,1-3H3. The van der Waals surface area contributed by atoms with Gasteiger partial charge in [-0.1, -0.05) is 6.92 Å². The summed E-state index contributed by atoms with van der Waals surface area (Å²) in [6.07, 6.45) is -4.35. The lowest BCUT2D eigenvalue weighted by Crippen LogP contribution is -2.39. The third-order valence-corrected chi connectivity index (χ3v) is 5.00. The Morgan fingerprint density at radius 1 is 1.24 bits per heavy atom. The van der Waals surface area contributed by atoms with Gasteiger partial charge in [0.05, 0.1) is 0 Å². The van der Waals surface area contributed by atoms with Crippen LogP contribution < -0.4 is 5.73 Å². The van der Waals surface area contributed by atoms with Crippen LogP contribution in [0, 0.1) is 13.8 Å². The van der Waals surface area contributed by atoms with Crippen molar-refractivity contribution in [3.05, 3.63) is 17.1 Å². The smallest absolute Gasteiger partial charge is 0.402 e. The molecule has 1 aromatic rings. The second kappa shape index (κ2) is 6.37. The van der Waals surface area contributed by atoms with Crippen molar-refractivity contribution in [2.24, 2.45) is 5.73 Å². The lowest BCUT2D eigenvalue weighted by molar-refractivity contribution is -0.136. The first-order chi connectivity index (χ1) is 9.54. The zero-order valence-corrected chi connectivity index (χ0v) is 12.9. The van der Waals surface area contributed by atoms with E-state index < -0.39 is 22.7 Å². The predicted molar refractivity (Wildman–Crippen MR) is 71.2 cm³/mol. The summed E-state index contributed by atoms with van der Waals surface area (Å²) in [4.78, 5) is -0.250. The average molecular weight is 328 g/mol. The molecular formula is C12H19F3N2O3S. The Balaban J connectivity index is 3.36. The van der Waals surface area contributed by atoms with Crippen molar-refractivity contribution in [1.29, 1.82) is 0 Å². The van der Waals surface area contributed by atoms with Gasteiger partial charge in [-0.25, -0.2) is 8.42 Å². The number of hydrogen-bond donors (Lipinski definition) is 1. The minimum absolute atomic E-state index is 0.0521. The van der Waals surface area contributed by atoms with Gasteiger partial charge in [-0.3, -0.25) is 0 Å². The maximum Gasteiger partial charge on any atom is 0.402 e. The Morgan fingerprint density at radius 2 is 1.81 bits per heavy atom. The molecule has 0 saturated carbocycles. The fourth-order valence-corrected chi connectivity index (χ4v) is 4.09. The first-order valence-electron chi connectivity index (χ1n) is 6.40. The Bertz CT molecular complexity index is 594. The molecular weight excluding hydrogens is 309 g/mol. The molecule has 1 aromatic heterocycles. The lowest BCUT2D eigenvalue weighted by Gasteiger charge is -2.23. The minimum atomic E-state index is -4.61. The van der Waals surface area contributed by atoms with Gasteiger partial charge < -0.3 is 10.2 Å². The average Bonchev–Trinajstić information content (AvgIpc) is 2.61. The molecule has 0 atom stereocenters. The van der Waals surface area contributed by atoms with Crippen molar-refractivity contribution >= 4 is 10.0 Å². The number of furan rings is 1. The van der Waals surface area contributed by atoms with Gasteiger partial charge in [-0.2, -0.15) is 17.5 Å². The Kier molecular flexibility index (Phi) is 5.46. The first-order valence-corrected chi connectivity index (χ1v) is 7.84. The monoisotopic (exact) mass is 328 g/mol. The number of hydrogen-bond acceptors (Lipinski definition) is 4. The van der Waals surface area contributed by atoms with Crippen molar-refractivity contribution in [3.8, 4) is 0 Å². The summed E-state index contributed by atoms with van der Waals surface area (Å²) in [5, 5.41) is 0. The Morgan fingerprint density at radius 3 is 2.24 bits per heavy atom. The van der Waals surface area contributed by atoms with Crippen LogP contribution in [0.5, 0.6) is 0 Å². The Labute approximate surface area is 122 Å². The molecule has 1 rings (SSSR count). The van der Waals surface area contributed by atoms with Gasteiger partial charge in [0.25, 0.3) is 0 Å². The summed E-state index contributed by atoms with van der Waals surface area (Å²) >= 11 is 0. The fraction of sp³-hybridized carbons (Fsp3) is 0.667. The van der Waals surface area contributed by atoms with Crippen LogP contribution >= 0.6 is 0 Å². The third-order valence-electron chi connectivity index (χ3n) is 2.96. The van der Waals surface area contributed by atoms with Crippen LogP contribution in [0.15, 0.2) is 9.31 Å². The number of rotatable bonds is 6. The molecule has 0 spiro atoms. The molecule has 0 aromatic carbocycles. The predicted octanol–water partition coefficient (Wildman–Crippen LogP) is 2.32. The van der Waals surface area contributed by atoms with Gasteiger partial charge >= 0.3 is 6.18 Å². The summed E-state index contributed by atoms with van der Waals surface area (Å²) < 4.78 is 68.5. The second-order valence-corrected chi connectivity index (χ2v) is 6.55. The van der Waals surface area contributed by atoms with E-state index in [1.54, 1.807) is 6.92 Å². The molecule has 1 heterocycles. The highest BCUT2D eigenvalue weighted by Crippen LogP contribution is 2.30. The van der Waals surface area contributed by atoms with Crippen LogP contribution in [0.2, 0.25) is 0 Å². The van der Waals surface area contributed by atoms with Gasteiger partial charge in [0.15, 0.2) is 0 Å². The van der Waals surface area contributed by atoms with Gasteiger partial charge in [0.2, 0.25) is 10.0 Å².